The molecule has 1 unspecified atom stereocenters. The summed E-state index contributed by atoms with van der Waals surface area (Å²) in [5.41, 5.74) is 0. The summed E-state index contributed by atoms with van der Waals surface area (Å²) in [4.78, 5) is 3.26. The van der Waals surface area contributed by atoms with Crippen molar-refractivity contribution in [2.24, 2.45) is 0 Å². The largest absolute Gasteiger partial charge is 0.404 e. The Morgan fingerprint density at radius 3 is 2.53 bits per heavy atom. The number of sulfonamides is 1. The van der Waals surface area contributed by atoms with Crippen molar-refractivity contribution in [3.05, 3.63) is 24.5 Å². The van der Waals surface area contributed by atoms with Crippen molar-refractivity contribution in [1.29, 1.82) is 0 Å². The highest BCUT2D eigenvalue weighted by atomic mass is 32.2. The standard InChI is InChI=1S/C9H11F3N2O2S/c1-2-8(9(10,11)12)14-17(15,16)7-4-3-5-13-6-7/h3-6,8,14H,2H2,1H3. The topological polar surface area (TPSA) is 59.1 Å². The number of rotatable bonds is 4. The van der Waals surface area contributed by atoms with Crippen molar-refractivity contribution in [3.8, 4) is 0 Å². The van der Waals surface area contributed by atoms with Gasteiger partial charge in [0.15, 0.2) is 0 Å². The van der Waals surface area contributed by atoms with E-state index in [0.717, 1.165) is 6.20 Å². The summed E-state index contributed by atoms with van der Waals surface area (Å²) in [7, 11) is -4.19. The summed E-state index contributed by atoms with van der Waals surface area (Å²) < 4.78 is 62.1. The lowest BCUT2D eigenvalue weighted by molar-refractivity contribution is -0.151. The Balaban J connectivity index is 2.95. The van der Waals surface area contributed by atoms with Gasteiger partial charge < -0.3 is 0 Å². The fourth-order valence-corrected chi connectivity index (χ4v) is 2.41. The van der Waals surface area contributed by atoms with Crippen LogP contribution in [0.2, 0.25) is 0 Å². The Morgan fingerprint density at radius 2 is 2.12 bits per heavy atom. The summed E-state index contributed by atoms with van der Waals surface area (Å²) >= 11 is 0. The van der Waals surface area contributed by atoms with Crippen LogP contribution in [-0.2, 0) is 10.0 Å². The van der Waals surface area contributed by atoms with Crippen LogP contribution in [0.4, 0.5) is 13.2 Å². The molecule has 1 atom stereocenters. The van der Waals surface area contributed by atoms with E-state index in [1.165, 1.54) is 25.3 Å². The summed E-state index contributed by atoms with van der Waals surface area (Å²) in [6.45, 7) is 1.25. The molecule has 1 heterocycles. The minimum absolute atomic E-state index is 0.289. The Hall–Kier alpha value is -1.15. The molecule has 0 fully saturated rings. The van der Waals surface area contributed by atoms with Gasteiger partial charge in [-0.15, -0.1) is 0 Å². The molecule has 8 heteroatoms. The average molecular weight is 268 g/mol. The number of hydrogen-bond acceptors (Lipinski definition) is 3. The molecule has 0 aliphatic carbocycles. The van der Waals surface area contributed by atoms with Crippen molar-refractivity contribution in [1.82, 2.24) is 9.71 Å². The number of alkyl halides is 3. The number of hydrogen-bond donors (Lipinski definition) is 1. The zero-order valence-electron chi connectivity index (χ0n) is 8.90. The molecule has 1 N–H and O–H groups in total. The third-order valence-electron chi connectivity index (χ3n) is 2.05. The minimum atomic E-state index is -4.61. The lowest BCUT2D eigenvalue weighted by atomic mass is 10.2. The Labute approximate surface area is 96.9 Å². The van der Waals surface area contributed by atoms with E-state index in [2.05, 4.69) is 4.98 Å². The molecule has 0 aromatic carbocycles. The molecule has 96 valence electrons. The molecule has 1 aromatic heterocycles. The van der Waals surface area contributed by atoms with Gasteiger partial charge in [0, 0.05) is 12.4 Å². The van der Waals surface area contributed by atoms with E-state index < -0.39 is 22.2 Å². The van der Waals surface area contributed by atoms with Crippen LogP contribution >= 0.6 is 0 Å². The first kappa shape index (κ1) is 13.9. The van der Waals surface area contributed by atoms with Crippen LogP contribution in [0.5, 0.6) is 0 Å². The molecule has 0 amide bonds. The van der Waals surface area contributed by atoms with Gasteiger partial charge in [-0.1, -0.05) is 6.92 Å². The quantitative estimate of drug-likeness (QED) is 0.904. The van der Waals surface area contributed by atoms with E-state index in [0.29, 0.717) is 0 Å². The SMILES string of the molecule is CCC(NS(=O)(=O)c1cccnc1)C(F)(F)F. The Kier molecular flexibility index (Phi) is 4.10. The van der Waals surface area contributed by atoms with Crippen LogP contribution in [-0.4, -0.2) is 25.6 Å². The normalized spacial score (nSPS) is 14.6. The molecule has 0 aliphatic rings. The maximum absolute atomic E-state index is 12.4. The van der Waals surface area contributed by atoms with Crippen LogP contribution in [0.25, 0.3) is 0 Å². The van der Waals surface area contributed by atoms with E-state index in [-0.39, 0.29) is 11.3 Å². The van der Waals surface area contributed by atoms with Gasteiger partial charge in [-0.05, 0) is 18.6 Å². The summed E-state index contributed by atoms with van der Waals surface area (Å²) in [5.74, 6) is 0. The number of halogens is 3. The van der Waals surface area contributed by atoms with Gasteiger partial charge in [0.2, 0.25) is 10.0 Å². The molecule has 0 aliphatic heterocycles. The summed E-state index contributed by atoms with van der Waals surface area (Å²) in [6.07, 6.45) is -2.65. The van der Waals surface area contributed by atoms with Crippen LogP contribution in [0.3, 0.4) is 0 Å². The van der Waals surface area contributed by atoms with Crippen molar-refractivity contribution in [2.45, 2.75) is 30.5 Å². The maximum Gasteiger partial charge on any atom is 0.404 e. The lowest BCUT2D eigenvalue weighted by Crippen LogP contribution is -2.44. The number of nitrogens with one attached hydrogen (secondary N) is 1. The van der Waals surface area contributed by atoms with Gasteiger partial charge in [0.05, 0.1) is 0 Å². The summed E-state index contributed by atoms with van der Waals surface area (Å²) in [6, 6.07) is 0.425. The second-order valence-corrected chi connectivity index (χ2v) is 5.03. The van der Waals surface area contributed by atoms with Crippen LogP contribution in [0, 0.1) is 0 Å². The van der Waals surface area contributed by atoms with Crippen LogP contribution in [0.1, 0.15) is 13.3 Å². The smallest absolute Gasteiger partial charge is 0.263 e. The van der Waals surface area contributed by atoms with Crippen molar-refractivity contribution in [3.63, 3.8) is 0 Å². The van der Waals surface area contributed by atoms with Crippen molar-refractivity contribution >= 4 is 10.0 Å². The Morgan fingerprint density at radius 1 is 1.47 bits per heavy atom. The van der Waals surface area contributed by atoms with Gasteiger partial charge in [-0.3, -0.25) is 4.98 Å². The van der Waals surface area contributed by atoms with Crippen molar-refractivity contribution in [2.75, 3.05) is 0 Å². The molecule has 1 rings (SSSR count). The highest BCUT2D eigenvalue weighted by Gasteiger charge is 2.40. The second-order valence-electron chi connectivity index (χ2n) is 3.31. The molecule has 0 saturated carbocycles. The lowest BCUT2D eigenvalue weighted by Gasteiger charge is -2.19. The zero-order chi connectivity index (χ0) is 13.1. The van der Waals surface area contributed by atoms with Crippen LogP contribution < -0.4 is 4.72 Å². The average Bonchev–Trinajstić information content (AvgIpc) is 2.25. The van der Waals surface area contributed by atoms with Crippen LogP contribution in [0.15, 0.2) is 29.4 Å². The second kappa shape index (κ2) is 5.01. The van der Waals surface area contributed by atoms with E-state index in [9.17, 15) is 21.6 Å². The molecular weight excluding hydrogens is 257 g/mol. The first-order valence-electron chi connectivity index (χ1n) is 4.76. The predicted octanol–water partition coefficient (Wildman–Crippen LogP) is 1.70. The minimum Gasteiger partial charge on any atom is -0.263 e. The highest BCUT2D eigenvalue weighted by Crippen LogP contribution is 2.23. The molecule has 17 heavy (non-hydrogen) atoms. The summed E-state index contributed by atoms with van der Waals surface area (Å²) in [5, 5.41) is 0. The highest BCUT2D eigenvalue weighted by molar-refractivity contribution is 7.89. The fraction of sp³-hybridized carbons (Fsp3) is 0.444. The maximum atomic E-state index is 12.4. The van der Waals surface area contributed by atoms with Gasteiger partial charge in [0.25, 0.3) is 0 Å². The first-order valence-corrected chi connectivity index (χ1v) is 6.24. The fourth-order valence-electron chi connectivity index (χ4n) is 1.14. The number of pyridine rings is 1. The molecule has 1 aromatic rings. The monoisotopic (exact) mass is 268 g/mol. The van der Waals surface area contributed by atoms with E-state index >= 15 is 0 Å². The third-order valence-corrected chi connectivity index (χ3v) is 3.50. The molecule has 0 saturated heterocycles. The molecule has 4 nitrogen and oxygen atoms in total. The van der Waals surface area contributed by atoms with E-state index in [1.807, 2.05) is 0 Å². The van der Waals surface area contributed by atoms with Gasteiger partial charge in [-0.25, -0.2) is 8.42 Å². The third kappa shape index (κ3) is 3.67. The molecule has 0 radical (unpaired) electrons. The molecular formula is C9H11F3N2O2S. The zero-order valence-corrected chi connectivity index (χ0v) is 9.72. The van der Waals surface area contributed by atoms with E-state index in [1.54, 1.807) is 4.72 Å². The van der Waals surface area contributed by atoms with Gasteiger partial charge in [0.1, 0.15) is 10.9 Å². The van der Waals surface area contributed by atoms with Gasteiger partial charge in [-0.2, -0.15) is 17.9 Å². The predicted molar refractivity (Wildman–Crippen MR) is 54.7 cm³/mol. The number of aromatic nitrogens is 1. The Bertz CT molecular complexity index is 459. The van der Waals surface area contributed by atoms with E-state index in [4.69, 9.17) is 0 Å². The first-order chi connectivity index (χ1) is 7.77. The van der Waals surface area contributed by atoms with Crippen molar-refractivity contribution < 1.29 is 21.6 Å². The molecule has 0 bridgehead atoms. The number of nitrogens with zero attached hydrogens (tertiary/aromatic N) is 1. The molecule has 0 spiro atoms. The van der Waals surface area contributed by atoms with Gasteiger partial charge >= 0.3 is 6.18 Å².